The fraction of sp³-hybridized carbons (Fsp3) is 0.650. The second-order valence-electron chi connectivity index (χ2n) is 8.58. The van der Waals surface area contributed by atoms with Crippen LogP contribution in [0.4, 0.5) is 0 Å². The average Bonchev–Trinajstić information content (AvgIpc) is 3.37. The van der Waals surface area contributed by atoms with Gasteiger partial charge in [-0.3, -0.25) is 4.79 Å². The second-order valence-corrected chi connectivity index (χ2v) is 11.1. The van der Waals surface area contributed by atoms with Crippen molar-refractivity contribution in [3.63, 3.8) is 0 Å². The first-order chi connectivity index (χ1) is 13.1. The Bertz CT molecular complexity index is 816. The van der Waals surface area contributed by atoms with Gasteiger partial charge in [0.15, 0.2) is 0 Å². The molecule has 1 aliphatic carbocycles. The van der Waals surface area contributed by atoms with Gasteiger partial charge in [0.1, 0.15) is 0 Å². The molecule has 1 aromatic rings. The summed E-state index contributed by atoms with van der Waals surface area (Å²) in [7, 11) is -3.59. The lowest BCUT2D eigenvalue weighted by Crippen LogP contribution is -2.47. The molecule has 1 aliphatic heterocycles. The number of benzene rings is 1. The summed E-state index contributed by atoms with van der Waals surface area (Å²) < 4.78 is 28.1. The largest absolute Gasteiger partial charge is 0.348 e. The predicted molar refractivity (Wildman–Crippen MR) is 114 cm³/mol. The van der Waals surface area contributed by atoms with Crippen LogP contribution < -0.4 is 10.0 Å². The Morgan fingerprint density at radius 3 is 2.50 bits per heavy atom. The van der Waals surface area contributed by atoms with E-state index in [4.69, 9.17) is 0 Å². The zero-order valence-corrected chi connectivity index (χ0v) is 19.1. The minimum absolute atomic E-state index is 0.0262. The molecule has 0 radical (unpaired) electrons. The van der Waals surface area contributed by atoms with Crippen molar-refractivity contribution in [2.75, 3.05) is 19.6 Å². The van der Waals surface area contributed by atoms with Crippen molar-refractivity contribution >= 4 is 31.9 Å². The molecule has 2 aliphatic rings. The molecule has 28 heavy (non-hydrogen) atoms. The number of halogens is 1. The van der Waals surface area contributed by atoms with E-state index in [2.05, 4.69) is 44.7 Å². The molecule has 0 spiro atoms. The number of nitrogens with one attached hydrogen (secondary N) is 2. The van der Waals surface area contributed by atoms with Crippen molar-refractivity contribution in [2.24, 2.45) is 11.8 Å². The SMILES string of the molecule is CC1CC(C)CN(CC(C)NC(=O)c2cc(S(=O)(=O)NC3CC3)ccc2Br)C1. The van der Waals surface area contributed by atoms with Gasteiger partial charge in [-0.25, -0.2) is 13.1 Å². The Balaban J connectivity index is 1.65. The maximum absolute atomic E-state index is 12.8. The third kappa shape index (κ3) is 5.78. The molecule has 3 rings (SSSR count). The molecule has 156 valence electrons. The standard InChI is InChI=1S/C20H30BrN3O3S/c1-13-8-14(2)11-24(10-13)12-15(3)22-20(25)18-9-17(6-7-19(18)21)28(26,27)23-16-4-5-16/h6-7,9,13-16,23H,4-5,8,10-12H2,1-3H3,(H,22,25). The van der Waals surface area contributed by atoms with Gasteiger partial charge in [-0.1, -0.05) is 13.8 Å². The number of hydrogen-bond acceptors (Lipinski definition) is 4. The molecule has 1 saturated carbocycles. The highest BCUT2D eigenvalue weighted by molar-refractivity contribution is 9.10. The Labute approximate surface area is 176 Å². The van der Waals surface area contributed by atoms with Crippen molar-refractivity contribution in [3.05, 3.63) is 28.2 Å². The summed E-state index contributed by atoms with van der Waals surface area (Å²) in [6.07, 6.45) is 2.99. The highest BCUT2D eigenvalue weighted by Gasteiger charge is 2.29. The van der Waals surface area contributed by atoms with E-state index in [1.165, 1.54) is 18.6 Å². The van der Waals surface area contributed by atoms with Crippen molar-refractivity contribution in [1.82, 2.24) is 14.9 Å². The zero-order chi connectivity index (χ0) is 20.5. The maximum Gasteiger partial charge on any atom is 0.252 e. The van der Waals surface area contributed by atoms with Crippen LogP contribution in [-0.2, 0) is 10.0 Å². The molecule has 2 fully saturated rings. The molecule has 6 nitrogen and oxygen atoms in total. The molecule has 2 N–H and O–H groups in total. The van der Waals surface area contributed by atoms with Gasteiger partial charge >= 0.3 is 0 Å². The van der Waals surface area contributed by atoms with Crippen LogP contribution in [0.5, 0.6) is 0 Å². The van der Waals surface area contributed by atoms with Crippen LogP contribution in [0.3, 0.4) is 0 Å². The van der Waals surface area contributed by atoms with E-state index >= 15 is 0 Å². The lowest BCUT2D eigenvalue weighted by Gasteiger charge is -2.36. The molecular weight excluding hydrogens is 442 g/mol. The summed E-state index contributed by atoms with van der Waals surface area (Å²) in [5.74, 6) is 1.07. The van der Waals surface area contributed by atoms with Gasteiger partial charge < -0.3 is 10.2 Å². The first-order valence-electron chi connectivity index (χ1n) is 9.99. The highest BCUT2D eigenvalue weighted by atomic mass is 79.9. The molecule has 8 heteroatoms. The van der Waals surface area contributed by atoms with E-state index in [1.54, 1.807) is 6.07 Å². The quantitative estimate of drug-likeness (QED) is 0.640. The van der Waals surface area contributed by atoms with Gasteiger partial charge in [0, 0.05) is 36.2 Å². The van der Waals surface area contributed by atoms with Crippen molar-refractivity contribution in [2.45, 2.75) is 57.0 Å². The van der Waals surface area contributed by atoms with E-state index in [1.807, 2.05) is 6.92 Å². The Hall–Kier alpha value is -0.960. The van der Waals surface area contributed by atoms with Gasteiger partial charge in [0.05, 0.1) is 10.5 Å². The van der Waals surface area contributed by atoms with E-state index in [9.17, 15) is 13.2 Å². The van der Waals surface area contributed by atoms with E-state index in [0.29, 0.717) is 21.9 Å². The minimum atomic E-state index is -3.59. The molecule has 3 atom stereocenters. The van der Waals surface area contributed by atoms with E-state index in [-0.39, 0.29) is 22.9 Å². The molecule has 1 heterocycles. The van der Waals surface area contributed by atoms with Gasteiger partial charge in [0.2, 0.25) is 10.0 Å². The van der Waals surface area contributed by atoms with Crippen molar-refractivity contribution in [3.8, 4) is 0 Å². The Morgan fingerprint density at radius 1 is 1.25 bits per heavy atom. The summed E-state index contributed by atoms with van der Waals surface area (Å²) >= 11 is 3.38. The first-order valence-corrected chi connectivity index (χ1v) is 12.3. The summed E-state index contributed by atoms with van der Waals surface area (Å²) in [5.41, 5.74) is 0.339. The van der Waals surface area contributed by atoms with Crippen LogP contribution in [0.1, 0.15) is 50.4 Å². The third-order valence-electron chi connectivity index (χ3n) is 5.25. The number of likely N-dealkylation sites (tertiary alicyclic amines) is 1. The number of sulfonamides is 1. The van der Waals surface area contributed by atoms with Crippen molar-refractivity contribution in [1.29, 1.82) is 0 Å². The van der Waals surface area contributed by atoms with Gasteiger partial charge in [-0.05, 0) is 72.2 Å². The molecule has 1 amide bonds. The second kappa shape index (κ2) is 8.81. The number of hydrogen-bond donors (Lipinski definition) is 2. The van der Waals surface area contributed by atoms with Crippen LogP contribution in [-0.4, -0.2) is 50.9 Å². The average molecular weight is 472 g/mol. The summed E-state index contributed by atoms with van der Waals surface area (Å²) in [6.45, 7) is 9.42. The van der Waals surface area contributed by atoms with Crippen molar-refractivity contribution < 1.29 is 13.2 Å². The highest BCUT2D eigenvalue weighted by Crippen LogP contribution is 2.25. The van der Waals surface area contributed by atoms with Gasteiger partial charge in [-0.15, -0.1) is 0 Å². The molecule has 0 aromatic heterocycles. The van der Waals surface area contributed by atoms with Gasteiger partial charge in [-0.2, -0.15) is 0 Å². The molecule has 1 saturated heterocycles. The number of nitrogens with zero attached hydrogens (tertiary/aromatic N) is 1. The van der Waals surface area contributed by atoms with Gasteiger partial charge in [0.25, 0.3) is 5.91 Å². The summed E-state index contributed by atoms with van der Waals surface area (Å²) in [4.78, 5) is 15.3. The lowest BCUT2D eigenvalue weighted by atomic mass is 9.92. The number of rotatable bonds is 7. The minimum Gasteiger partial charge on any atom is -0.348 e. The van der Waals surface area contributed by atoms with E-state index in [0.717, 1.165) is 32.5 Å². The predicted octanol–water partition coefficient (Wildman–Crippen LogP) is 2.99. The first kappa shape index (κ1) is 21.7. The normalized spacial score (nSPS) is 24.7. The fourth-order valence-corrected chi connectivity index (χ4v) is 5.77. The lowest BCUT2D eigenvalue weighted by molar-refractivity contribution is 0.0904. The Morgan fingerprint density at radius 2 is 1.89 bits per heavy atom. The van der Waals surface area contributed by atoms with Crippen LogP contribution in [0.15, 0.2) is 27.6 Å². The monoisotopic (exact) mass is 471 g/mol. The molecule has 1 aromatic carbocycles. The fourth-order valence-electron chi connectivity index (χ4n) is 4.01. The number of carbonyl (C=O) groups excluding carboxylic acids is 1. The van der Waals surface area contributed by atoms with Crippen LogP contribution in [0.2, 0.25) is 0 Å². The third-order valence-corrected chi connectivity index (χ3v) is 7.46. The maximum atomic E-state index is 12.8. The summed E-state index contributed by atoms with van der Waals surface area (Å²) in [6, 6.07) is 4.59. The number of amides is 1. The Kier molecular flexibility index (Phi) is 6.84. The number of piperidine rings is 1. The smallest absolute Gasteiger partial charge is 0.252 e. The molecular formula is C20H30BrN3O3S. The molecule has 0 bridgehead atoms. The van der Waals surface area contributed by atoms with E-state index < -0.39 is 10.0 Å². The molecule has 3 unspecified atom stereocenters. The topological polar surface area (TPSA) is 78.5 Å². The van der Waals surface area contributed by atoms with Crippen LogP contribution in [0, 0.1) is 11.8 Å². The number of carbonyl (C=O) groups is 1. The summed E-state index contributed by atoms with van der Waals surface area (Å²) in [5, 5.41) is 3.02. The van der Waals surface area contributed by atoms with Crippen LogP contribution >= 0.6 is 15.9 Å². The zero-order valence-electron chi connectivity index (χ0n) is 16.7. The van der Waals surface area contributed by atoms with Crippen LogP contribution in [0.25, 0.3) is 0 Å².